The maximum Gasteiger partial charge on any atom is 0.343 e. The first-order valence-electron chi connectivity index (χ1n) is 8.24. The number of H-pyrrole nitrogens is 1. The number of aromatic amines is 1. The van der Waals surface area contributed by atoms with Crippen LogP contribution in [0.5, 0.6) is 0 Å². The largest absolute Gasteiger partial charge is 0.349 e. The fraction of sp³-hybridized carbons (Fsp3) is 0.294. The number of benzene rings is 1. The van der Waals surface area contributed by atoms with Crippen LogP contribution in [0.15, 0.2) is 47.8 Å². The van der Waals surface area contributed by atoms with Crippen molar-refractivity contribution in [3.05, 3.63) is 64.9 Å². The summed E-state index contributed by atoms with van der Waals surface area (Å²) >= 11 is 0. The van der Waals surface area contributed by atoms with Crippen molar-refractivity contribution >= 4 is 5.91 Å². The molecule has 0 saturated heterocycles. The smallest absolute Gasteiger partial charge is 0.343 e. The summed E-state index contributed by atoms with van der Waals surface area (Å²) in [7, 11) is 0. The van der Waals surface area contributed by atoms with Crippen LogP contribution in [0.2, 0.25) is 0 Å². The lowest BCUT2D eigenvalue weighted by atomic mass is 10.1. The molecule has 1 amide bonds. The normalized spacial score (nSPS) is 16.9. The summed E-state index contributed by atoms with van der Waals surface area (Å²) in [5.74, 6) is 0.655. The molecule has 3 heterocycles. The molecule has 0 radical (unpaired) electrons. The summed E-state index contributed by atoms with van der Waals surface area (Å²) < 4.78 is 3.53. The molecular formula is C17H18N6O2. The van der Waals surface area contributed by atoms with Crippen LogP contribution in [0.1, 0.15) is 29.0 Å². The molecule has 1 aliphatic rings. The highest BCUT2D eigenvalue weighted by Crippen LogP contribution is 2.13. The molecule has 8 heteroatoms. The molecule has 0 aliphatic carbocycles. The Kier molecular flexibility index (Phi) is 3.93. The first-order valence-corrected chi connectivity index (χ1v) is 8.24. The molecule has 1 atom stereocenters. The number of nitrogens with one attached hydrogen (secondary N) is 2. The third-order valence-corrected chi connectivity index (χ3v) is 4.52. The van der Waals surface area contributed by atoms with Crippen molar-refractivity contribution < 1.29 is 4.79 Å². The van der Waals surface area contributed by atoms with E-state index >= 15 is 0 Å². The molecule has 0 spiro atoms. The fourth-order valence-corrected chi connectivity index (χ4v) is 3.11. The number of aromatic nitrogens is 5. The van der Waals surface area contributed by atoms with Gasteiger partial charge < -0.3 is 9.88 Å². The Bertz CT molecular complexity index is 923. The van der Waals surface area contributed by atoms with Gasteiger partial charge in [0.25, 0.3) is 5.91 Å². The van der Waals surface area contributed by atoms with Crippen molar-refractivity contribution in [3.63, 3.8) is 0 Å². The second kappa shape index (κ2) is 6.39. The van der Waals surface area contributed by atoms with E-state index in [4.69, 9.17) is 0 Å². The minimum Gasteiger partial charge on any atom is -0.349 e. The summed E-state index contributed by atoms with van der Waals surface area (Å²) in [6, 6.07) is 7.41. The van der Waals surface area contributed by atoms with E-state index in [2.05, 4.69) is 20.5 Å². The van der Waals surface area contributed by atoms with Gasteiger partial charge in [-0.05, 0) is 37.1 Å². The number of carbonyl (C=O) groups is 1. The summed E-state index contributed by atoms with van der Waals surface area (Å²) in [5.41, 5.74) is 1.38. The number of amides is 1. The van der Waals surface area contributed by atoms with Gasteiger partial charge in [0.2, 0.25) is 0 Å². The molecule has 25 heavy (non-hydrogen) atoms. The van der Waals surface area contributed by atoms with E-state index in [1.54, 1.807) is 29.2 Å². The van der Waals surface area contributed by atoms with Gasteiger partial charge in [0.05, 0.1) is 6.33 Å². The van der Waals surface area contributed by atoms with Gasteiger partial charge >= 0.3 is 5.69 Å². The molecule has 1 aromatic carbocycles. The number of rotatable bonds is 3. The third-order valence-electron chi connectivity index (χ3n) is 4.52. The van der Waals surface area contributed by atoms with E-state index in [0.29, 0.717) is 24.9 Å². The maximum absolute atomic E-state index is 12.5. The Morgan fingerprint density at radius 3 is 2.84 bits per heavy atom. The van der Waals surface area contributed by atoms with Gasteiger partial charge in [0, 0.05) is 42.7 Å². The Morgan fingerprint density at radius 2 is 2.08 bits per heavy atom. The van der Waals surface area contributed by atoms with Crippen molar-refractivity contribution in [1.82, 2.24) is 29.6 Å². The van der Waals surface area contributed by atoms with E-state index in [0.717, 1.165) is 17.9 Å². The minimum atomic E-state index is -0.183. The van der Waals surface area contributed by atoms with Gasteiger partial charge in [-0.1, -0.05) is 0 Å². The van der Waals surface area contributed by atoms with Crippen molar-refractivity contribution in [2.45, 2.75) is 31.8 Å². The van der Waals surface area contributed by atoms with Crippen LogP contribution in [0.25, 0.3) is 5.69 Å². The highest BCUT2D eigenvalue weighted by molar-refractivity contribution is 5.94. The molecule has 1 aliphatic heterocycles. The summed E-state index contributed by atoms with van der Waals surface area (Å²) in [6.45, 7) is 0.565. The topological polar surface area (TPSA) is 97.6 Å². The summed E-state index contributed by atoms with van der Waals surface area (Å²) in [6.07, 6.45) is 7.43. The Morgan fingerprint density at radius 1 is 1.24 bits per heavy atom. The maximum atomic E-state index is 12.5. The van der Waals surface area contributed by atoms with E-state index in [1.165, 1.54) is 0 Å². The highest BCUT2D eigenvalue weighted by Gasteiger charge is 2.20. The molecule has 4 rings (SSSR count). The average Bonchev–Trinajstić information content (AvgIpc) is 3.23. The van der Waals surface area contributed by atoms with Gasteiger partial charge in [0.15, 0.2) is 0 Å². The van der Waals surface area contributed by atoms with Crippen molar-refractivity contribution in [2.24, 2.45) is 0 Å². The first kappa shape index (κ1) is 15.4. The Labute approximate surface area is 143 Å². The Hall–Kier alpha value is -3.16. The Balaban J connectivity index is 1.41. The lowest BCUT2D eigenvalue weighted by Gasteiger charge is -2.16. The van der Waals surface area contributed by atoms with E-state index < -0.39 is 0 Å². The predicted octanol–water partition coefficient (Wildman–Crippen LogP) is 0.892. The van der Waals surface area contributed by atoms with Crippen LogP contribution in [-0.2, 0) is 13.0 Å². The van der Waals surface area contributed by atoms with E-state index in [1.807, 2.05) is 22.9 Å². The molecule has 1 unspecified atom stereocenters. The number of aryl methyl sites for hydroxylation is 1. The zero-order chi connectivity index (χ0) is 17.2. The zero-order valence-corrected chi connectivity index (χ0v) is 13.6. The van der Waals surface area contributed by atoms with Crippen molar-refractivity contribution in [2.75, 3.05) is 0 Å². The molecule has 128 valence electrons. The summed E-state index contributed by atoms with van der Waals surface area (Å²) in [4.78, 5) is 28.1. The zero-order valence-electron chi connectivity index (χ0n) is 13.6. The number of hydrogen-bond donors (Lipinski definition) is 2. The van der Waals surface area contributed by atoms with Crippen molar-refractivity contribution in [3.8, 4) is 5.69 Å². The second-order valence-electron chi connectivity index (χ2n) is 6.11. The number of carbonyl (C=O) groups excluding carboxylic acids is 1. The number of hydrogen-bond acceptors (Lipinski definition) is 4. The third kappa shape index (κ3) is 3.10. The van der Waals surface area contributed by atoms with Crippen LogP contribution in [0.4, 0.5) is 0 Å². The molecule has 0 saturated carbocycles. The highest BCUT2D eigenvalue weighted by atomic mass is 16.2. The van der Waals surface area contributed by atoms with E-state index in [9.17, 15) is 9.59 Å². The molecule has 8 nitrogen and oxygen atoms in total. The lowest BCUT2D eigenvalue weighted by Crippen LogP contribution is -2.35. The molecule has 0 bridgehead atoms. The predicted molar refractivity (Wildman–Crippen MR) is 90.6 cm³/mol. The van der Waals surface area contributed by atoms with Gasteiger partial charge in [-0.25, -0.2) is 14.9 Å². The van der Waals surface area contributed by atoms with Crippen LogP contribution < -0.4 is 11.0 Å². The summed E-state index contributed by atoms with van der Waals surface area (Å²) in [5, 5.41) is 9.56. The van der Waals surface area contributed by atoms with Gasteiger partial charge in [-0.15, -0.1) is 0 Å². The van der Waals surface area contributed by atoms with E-state index in [-0.39, 0.29) is 17.6 Å². The SMILES string of the molecule is O=C(NC1CCc2n[nH]c(=O)n2CC1)c1ccc(-n2ccnc2)cc1. The van der Waals surface area contributed by atoms with Crippen molar-refractivity contribution in [1.29, 1.82) is 0 Å². The fourth-order valence-electron chi connectivity index (χ4n) is 3.11. The molecule has 2 aromatic heterocycles. The number of nitrogens with zero attached hydrogens (tertiary/aromatic N) is 4. The molecular weight excluding hydrogens is 320 g/mol. The number of imidazole rings is 1. The van der Waals surface area contributed by atoms with Crippen LogP contribution in [0.3, 0.4) is 0 Å². The standard InChI is InChI=1S/C17H18N6O2/c24-16(12-1-4-14(5-2-12)22-10-8-18-11-22)19-13-3-6-15-20-21-17(25)23(15)9-7-13/h1-2,4-5,8,10-11,13H,3,6-7,9H2,(H,19,24)(H,21,25). The quantitative estimate of drug-likeness (QED) is 0.741. The average molecular weight is 338 g/mol. The van der Waals surface area contributed by atoms with Gasteiger partial charge in [-0.3, -0.25) is 9.36 Å². The minimum absolute atomic E-state index is 0.0296. The lowest BCUT2D eigenvalue weighted by molar-refractivity contribution is 0.0933. The number of fused-ring (bicyclic) bond motifs is 1. The first-order chi connectivity index (χ1) is 12.2. The monoisotopic (exact) mass is 338 g/mol. The van der Waals surface area contributed by atoms with Gasteiger partial charge in [0.1, 0.15) is 5.82 Å². The van der Waals surface area contributed by atoms with Gasteiger partial charge in [-0.2, -0.15) is 5.10 Å². The van der Waals surface area contributed by atoms with Crippen LogP contribution >= 0.6 is 0 Å². The molecule has 0 fully saturated rings. The molecule has 2 N–H and O–H groups in total. The molecule has 3 aromatic rings. The van der Waals surface area contributed by atoms with Crippen LogP contribution in [-0.4, -0.2) is 36.3 Å². The second-order valence-corrected chi connectivity index (χ2v) is 6.11. The van der Waals surface area contributed by atoms with Crippen LogP contribution in [0, 0.1) is 0 Å².